The maximum Gasteiger partial charge on any atom is 0.257 e. The molecule has 0 atom stereocenters. The van der Waals surface area contributed by atoms with Gasteiger partial charge in [0.1, 0.15) is 5.75 Å². The Kier molecular flexibility index (Phi) is 5.41. The molecule has 0 N–H and O–H groups in total. The molecular weight excluding hydrogens is 342 g/mol. The Morgan fingerprint density at radius 2 is 1.67 bits per heavy atom. The van der Waals surface area contributed by atoms with Crippen molar-refractivity contribution in [2.75, 3.05) is 33.3 Å². The third-order valence-corrected chi connectivity index (χ3v) is 4.68. The summed E-state index contributed by atoms with van der Waals surface area (Å²) in [6.07, 6.45) is 0. The summed E-state index contributed by atoms with van der Waals surface area (Å²) in [5, 5.41) is 8.99. The van der Waals surface area contributed by atoms with Crippen molar-refractivity contribution in [2.24, 2.45) is 0 Å². The van der Waals surface area contributed by atoms with Crippen molar-refractivity contribution in [1.29, 1.82) is 5.26 Å². The number of hydrogen-bond donors (Lipinski definition) is 0. The molecule has 1 heterocycles. The zero-order valence-electron chi connectivity index (χ0n) is 15.4. The van der Waals surface area contributed by atoms with Crippen LogP contribution in [0, 0.1) is 18.3 Å². The Hall–Kier alpha value is -3.33. The molecule has 1 aliphatic heterocycles. The lowest BCUT2D eigenvalue weighted by Crippen LogP contribution is -2.50. The first-order chi connectivity index (χ1) is 13.0. The minimum atomic E-state index is -0.118. The Morgan fingerprint density at radius 3 is 2.30 bits per heavy atom. The Balaban J connectivity index is 1.68. The van der Waals surface area contributed by atoms with Crippen molar-refractivity contribution in [2.45, 2.75) is 6.92 Å². The van der Waals surface area contributed by atoms with E-state index in [4.69, 9.17) is 10.00 Å². The lowest BCUT2D eigenvalue weighted by atomic mass is 10.1. The largest absolute Gasteiger partial charge is 0.496 e. The molecule has 3 rings (SSSR count). The highest BCUT2D eigenvalue weighted by atomic mass is 16.5. The first kappa shape index (κ1) is 18.5. The van der Waals surface area contributed by atoms with Crippen LogP contribution in [0.25, 0.3) is 0 Å². The summed E-state index contributed by atoms with van der Waals surface area (Å²) < 4.78 is 5.31. The number of aryl methyl sites for hydroxylation is 1. The molecule has 0 unspecified atom stereocenters. The summed E-state index contributed by atoms with van der Waals surface area (Å²) in [7, 11) is 1.55. The maximum atomic E-state index is 12.9. The van der Waals surface area contributed by atoms with Gasteiger partial charge >= 0.3 is 0 Å². The highest BCUT2D eigenvalue weighted by Crippen LogP contribution is 2.22. The van der Waals surface area contributed by atoms with E-state index in [2.05, 4.69) is 0 Å². The van der Waals surface area contributed by atoms with Crippen molar-refractivity contribution in [3.8, 4) is 11.8 Å². The van der Waals surface area contributed by atoms with E-state index in [0.717, 1.165) is 5.56 Å². The molecule has 0 aliphatic carbocycles. The normalized spacial score (nSPS) is 13.8. The van der Waals surface area contributed by atoms with Crippen LogP contribution >= 0.6 is 0 Å². The molecule has 138 valence electrons. The number of amides is 2. The van der Waals surface area contributed by atoms with Gasteiger partial charge in [0, 0.05) is 31.7 Å². The van der Waals surface area contributed by atoms with Gasteiger partial charge in [0.25, 0.3) is 11.8 Å². The number of piperazine rings is 1. The first-order valence-electron chi connectivity index (χ1n) is 8.77. The molecule has 0 radical (unpaired) electrons. The summed E-state index contributed by atoms with van der Waals surface area (Å²) in [6.45, 7) is 3.76. The molecule has 0 aromatic heterocycles. The van der Waals surface area contributed by atoms with Gasteiger partial charge in [-0.1, -0.05) is 17.7 Å². The predicted molar refractivity (Wildman–Crippen MR) is 101 cm³/mol. The number of benzene rings is 2. The minimum Gasteiger partial charge on any atom is -0.496 e. The van der Waals surface area contributed by atoms with Gasteiger partial charge in [0.2, 0.25) is 0 Å². The maximum absolute atomic E-state index is 12.9. The second-order valence-electron chi connectivity index (χ2n) is 6.48. The topological polar surface area (TPSA) is 73.6 Å². The Bertz CT molecular complexity index is 909. The van der Waals surface area contributed by atoms with Gasteiger partial charge in [-0.3, -0.25) is 9.59 Å². The SMILES string of the molecule is COc1ccc(C)cc1C(=O)N1CCN(C(=O)c2cccc(C#N)c2)CC1. The van der Waals surface area contributed by atoms with E-state index in [0.29, 0.717) is 48.6 Å². The molecule has 2 aromatic carbocycles. The fourth-order valence-electron chi connectivity index (χ4n) is 3.18. The van der Waals surface area contributed by atoms with Gasteiger partial charge in [-0.2, -0.15) is 5.26 Å². The number of carbonyl (C=O) groups is 2. The van der Waals surface area contributed by atoms with E-state index >= 15 is 0 Å². The summed E-state index contributed by atoms with van der Waals surface area (Å²) in [5.41, 5.74) is 2.49. The zero-order valence-corrected chi connectivity index (χ0v) is 15.4. The molecule has 0 spiro atoms. The zero-order chi connectivity index (χ0) is 19.4. The van der Waals surface area contributed by atoms with Crippen LogP contribution in [0.15, 0.2) is 42.5 Å². The molecule has 2 aromatic rings. The lowest BCUT2D eigenvalue weighted by Gasteiger charge is -2.35. The van der Waals surface area contributed by atoms with E-state index in [1.807, 2.05) is 25.1 Å². The molecule has 6 heteroatoms. The number of rotatable bonds is 3. The summed E-state index contributed by atoms with van der Waals surface area (Å²) >= 11 is 0. The van der Waals surface area contributed by atoms with Gasteiger partial charge in [-0.15, -0.1) is 0 Å². The van der Waals surface area contributed by atoms with E-state index in [1.165, 1.54) is 0 Å². The van der Waals surface area contributed by atoms with E-state index in [1.54, 1.807) is 47.2 Å². The van der Waals surface area contributed by atoms with Crippen molar-refractivity contribution in [3.05, 3.63) is 64.7 Å². The fraction of sp³-hybridized carbons (Fsp3) is 0.286. The highest BCUT2D eigenvalue weighted by molar-refractivity contribution is 5.98. The lowest BCUT2D eigenvalue weighted by molar-refractivity contribution is 0.0533. The third kappa shape index (κ3) is 3.93. The molecule has 6 nitrogen and oxygen atoms in total. The molecular formula is C21H21N3O3. The molecule has 1 aliphatic rings. The van der Waals surface area contributed by atoms with Gasteiger partial charge in [-0.05, 0) is 37.3 Å². The summed E-state index contributed by atoms with van der Waals surface area (Å²) in [5.74, 6) is 0.346. The van der Waals surface area contributed by atoms with E-state index < -0.39 is 0 Å². The summed E-state index contributed by atoms with van der Waals surface area (Å²) in [4.78, 5) is 29.0. The van der Waals surface area contributed by atoms with Crippen LogP contribution in [0.5, 0.6) is 5.75 Å². The second-order valence-corrected chi connectivity index (χ2v) is 6.48. The van der Waals surface area contributed by atoms with Gasteiger partial charge in [-0.25, -0.2) is 0 Å². The third-order valence-electron chi connectivity index (χ3n) is 4.68. The van der Waals surface area contributed by atoms with Gasteiger partial charge < -0.3 is 14.5 Å². The van der Waals surface area contributed by atoms with Gasteiger partial charge in [0.05, 0.1) is 24.3 Å². The Morgan fingerprint density at radius 1 is 1.00 bits per heavy atom. The van der Waals surface area contributed by atoms with E-state index in [9.17, 15) is 9.59 Å². The predicted octanol–water partition coefficient (Wildman–Crippen LogP) is 2.47. The van der Waals surface area contributed by atoms with Crippen LogP contribution in [0.1, 0.15) is 31.8 Å². The van der Waals surface area contributed by atoms with Crippen LogP contribution < -0.4 is 4.74 Å². The minimum absolute atomic E-state index is 0.0888. The van der Waals surface area contributed by atoms with Gasteiger partial charge in [0.15, 0.2) is 0 Å². The van der Waals surface area contributed by atoms with Crippen LogP contribution in [-0.4, -0.2) is 54.9 Å². The number of ether oxygens (including phenoxy) is 1. The number of carbonyl (C=O) groups excluding carboxylic acids is 2. The van der Waals surface area contributed by atoms with Crippen LogP contribution in [0.3, 0.4) is 0 Å². The van der Waals surface area contributed by atoms with Crippen LogP contribution in [0.4, 0.5) is 0 Å². The fourth-order valence-corrected chi connectivity index (χ4v) is 3.18. The number of nitrogens with zero attached hydrogens (tertiary/aromatic N) is 3. The molecule has 27 heavy (non-hydrogen) atoms. The highest BCUT2D eigenvalue weighted by Gasteiger charge is 2.27. The van der Waals surface area contributed by atoms with Crippen LogP contribution in [-0.2, 0) is 0 Å². The van der Waals surface area contributed by atoms with Crippen LogP contribution in [0.2, 0.25) is 0 Å². The molecule has 2 amide bonds. The standard InChI is InChI=1S/C21H21N3O3/c1-15-6-7-19(27-2)18(12-15)21(26)24-10-8-23(9-11-24)20(25)17-5-3-4-16(13-17)14-22/h3-7,12-13H,8-11H2,1-2H3. The Labute approximate surface area is 158 Å². The average Bonchev–Trinajstić information content (AvgIpc) is 2.72. The van der Waals surface area contributed by atoms with Crippen molar-refractivity contribution < 1.29 is 14.3 Å². The monoisotopic (exact) mass is 363 g/mol. The first-order valence-corrected chi connectivity index (χ1v) is 8.77. The quantitative estimate of drug-likeness (QED) is 0.840. The van der Waals surface area contributed by atoms with Crippen molar-refractivity contribution >= 4 is 11.8 Å². The van der Waals surface area contributed by atoms with E-state index in [-0.39, 0.29) is 11.8 Å². The smallest absolute Gasteiger partial charge is 0.257 e. The second kappa shape index (κ2) is 7.92. The van der Waals surface area contributed by atoms with Crippen molar-refractivity contribution in [3.63, 3.8) is 0 Å². The number of nitriles is 1. The molecule has 0 bridgehead atoms. The molecule has 1 saturated heterocycles. The molecule has 1 fully saturated rings. The summed E-state index contributed by atoms with van der Waals surface area (Å²) in [6, 6.07) is 14.2. The van der Waals surface area contributed by atoms with Crippen molar-refractivity contribution in [1.82, 2.24) is 9.80 Å². The molecule has 0 saturated carbocycles. The average molecular weight is 363 g/mol. The number of hydrogen-bond acceptors (Lipinski definition) is 4. The number of methoxy groups -OCH3 is 1.